The van der Waals surface area contributed by atoms with Crippen molar-refractivity contribution in [3.8, 4) is 0 Å². The molecule has 0 bridgehead atoms. The normalized spacial score (nSPS) is 32.2. The van der Waals surface area contributed by atoms with Crippen molar-refractivity contribution in [2.75, 3.05) is 19.8 Å². The maximum Gasteiger partial charge on any atom is 0.330 e. The molecule has 1 aliphatic carbocycles. The van der Waals surface area contributed by atoms with Crippen LogP contribution in [0.2, 0.25) is 0 Å². The lowest BCUT2D eigenvalue weighted by molar-refractivity contribution is -0.137. The van der Waals surface area contributed by atoms with Crippen molar-refractivity contribution in [3.05, 3.63) is 11.6 Å². The van der Waals surface area contributed by atoms with Gasteiger partial charge in [0.05, 0.1) is 19.8 Å². The van der Waals surface area contributed by atoms with Crippen molar-refractivity contribution in [1.29, 1.82) is 0 Å². The molecule has 0 spiro atoms. The van der Waals surface area contributed by atoms with Crippen LogP contribution in [0.3, 0.4) is 0 Å². The molecule has 0 aromatic rings. The molecule has 1 saturated heterocycles. The predicted molar refractivity (Wildman–Crippen MR) is 62.3 cm³/mol. The second kappa shape index (κ2) is 5.65. The van der Waals surface area contributed by atoms with Gasteiger partial charge in [0.15, 0.2) is 6.29 Å². The Kier molecular flexibility index (Phi) is 4.18. The average molecular weight is 240 g/mol. The lowest BCUT2D eigenvalue weighted by Gasteiger charge is -2.22. The van der Waals surface area contributed by atoms with Gasteiger partial charge in [-0.3, -0.25) is 0 Å². The fourth-order valence-corrected chi connectivity index (χ4v) is 2.64. The zero-order chi connectivity index (χ0) is 12.3. The van der Waals surface area contributed by atoms with Crippen molar-refractivity contribution in [1.82, 2.24) is 0 Å². The molecule has 1 aliphatic heterocycles. The molecule has 2 rings (SSSR count). The number of hydrogen-bond donors (Lipinski definition) is 0. The topological polar surface area (TPSA) is 44.8 Å². The lowest BCUT2D eigenvalue weighted by atomic mass is 9.94. The van der Waals surface area contributed by atoms with Crippen LogP contribution in [0.15, 0.2) is 11.6 Å². The zero-order valence-electron chi connectivity index (χ0n) is 10.5. The highest BCUT2D eigenvalue weighted by Gasteiger charge is 2.38. The minimum absolute atomic E-state index is 0.173. The molecule has 96 valence electrons. The molecule has 2 atom stereocenters. The highest BCUT2D eigenvalue weighted by molar-refractivity contribution is 5.83. The summed E-state index contributed by atoms with van der Waals surface area (Å²) in [6.45, 7) is 5.72. The van der Waals surface area contributed by atoms with E-state index < -0.39 is 0 Å². The first-order chi connectivity index (χ1) is 8.22. The zero-order valence-corrected chi connectivity index (χ0v) is 10.5. The van der Waals surface area contributed by atoms with Crippen LogP contribution in [0.5, 0.6) is 0 Å². The number of esters is 1. The van der Waals surface area contributed by atoms with Gasteiger partial charge >= 0.3 is 5.97 Å². The van der Waals surface area contributed by atoms with Crippen molar-refractivity contribution in [2.24, 2.45) is 11.8 Å². The molecule has 1 saturated carbocycles. The van der Waals surface area contributed by atoms with E-state index in [1.54, 1.807) is 6.08 Å². The molecule has 4 nitrogen and oxygen atoms in total. The smallest absolute Gasteiger partial charge is 0.330 e. The quantitative estimate of drug-likeness (QED) is 0.558. The molecular weight excluding hydrogens is 220 g/mol. The van der Waals surface area contributed by atoms with E-state index in [9.17, 15) is 4.79 Å². The number of hydrogen-bond acceptors (Lipinski definition) is 4. The summed E-state index contributed by atoms with van der Waals surface area (Å²) in [5.74, 6) is 0.459. The second-order valence-corrected chi connectivity index (χ2v) is 4.62. The van der Waals surface area contributed by atoms with Crippen molar-refractivity contribution in [2.45, 2.75) is 33.0 Å². The van der Waals surface area contributed by atoms with Gasteiger partial charge in [-0.2, -0.15) is 0 Å². The number of carbonyl (C=O) groups excluding carboxylic acids is 1. The first-order valence-electron chi connectivity index (χ1n) is 6.32. The highest BCUT2D eigenvalue weighted by atomic mass is 16.7. The van der Waals surface area contributed by atoms with Gasteiger partial charge in [-0.1, -0.05) is 12.5 Å². The van der Waals surface area contributed by atoms with E-state index in [-0.39, 0.29) is 18.2 Å². The van der Waals surface area contributed by atoms with Gasteiger partial charge in [-0.15, -0.1) is 0 Å². The van der Waals surface area contributed by atoms with Crippen LogP contribution in [0.25, 0.3) is 0 Å². The Bertz CT molecular complexity index is 305. The summed E-state index contributed by atoms with van der Waals surface area (Å²) < 4.78 is 16.1. The van der Waals surface area contributed by atoms with E-state index in [2.05, 4.69) is 6.92 Å². The third-order valence-corrected chi connectivity index (χ3v) is 3.46. The van der Waals surface area contributed by atoms with E-state index in [1.165, 1.54) is 0 Å². The second-order valence-electron chi connectivity index (χ2n) is 4.62. The summed E-state index contributed by atoms with van der Waals surface area (Å²) in [6.07, 6.45) is 3.48. The third kappa shape index (κ3) is 2.87. The van der Waals surface area contributed by atoms with E-state index in [4.69, 9.17) is 14.2 Å². The van der Waals surface area contributed by atoms with Crippen LogP contribution < -0.4 is 0 Å². The Hall–Kier alpha value is -0.870. The Morgan fingerprint density at radius 3 is 2.82 bits per heavy atom. The Balaban J connectivity index is 2.07. The maximum atomic E-state index is 11.5. The summed E-state index contributed by atoms with van der Waals surface area (Å²) in [4.78, 5) is 11.5. The van der Waals surface area contributed by atoms with Crippen molar-refractivity contribution >= 4 is 5.97 Å². The van der Waals surface area contributed by atoms with Crippen LogP contribution in [0, 0.1) is 11.8 Å². The minimum atomic E-state index is -0.250. The third-order valence-electron chi connectivity index (χ3n) is 3.46. The summed E-state index contributed by atoms with van der Waals surface area (Å²) >= 11 is 0. The van der Waals surface area contributed by atoms with E-state index in [0.29, 0.717) is 25.7 Å². The van der Waals surface area contributed by atoms with Crippen molar-refractivity contribution < 1.29 is 19.0 Å². The standard InChI is InChI=1S/C13H20O4/c1-3-15-11(14)8-10-5-4-9(2)12(10)13-16-6-7-17-13/h8-9,12-13H,3-7H2,1-2H3/b10-8-/t9-,12+/m1/s1. The highest BCUT2D eigenvalue weighted by Crippen LogP contribution is 2.40. The van der Waals surface area contributed by atoms with Gasteiger partial charge < -0.3 is 14.2 Å². The minimum Gasteiger partial charge on any atom is -0.463 e. The Labute approximate surface area is 102 Å². The molecule has 4 heteroatoms. The first kappa shape index (κ1) is 12.6. The SMILES string of the molecule is CCOC(=O)/C=C1/CC[C@@H](C)[C@@H]1C1OCCO1. The van der Waals surface area contributed by atoms with Crippen LogP contribution in [0.4, 0.5) is 0 Å². The van der Waals surface area contributed by atoms with Gasteiger partial charge in [0.2, 0.25) is 0 Å². The van der Waals surface area contributed by atoms with Crippen LogP contribution in [0.1, 0.15) is 26.7 Å². The van der Waals surface area contributed by atoms with Gasteiger partial charge in [-0.25, -0.2) is 4.79 Å². The molecule has 2 fully saturated rings. The molecule has 0 radical (unpaired) electrons. The lowest BCUT2D eigenvalue weighted by Crippen LogP contribution is -2.25. The van der Waals surface area contributed by atoms with E-state index >= 15 is 0 Å². The number of carbonyl (C=O) groups is 1. The maximum absolute atomic E-state index is 11.5. The fraction of sp³-hybridized carbons (Fsp3) is 0.769. The van der Waals surface area contributed by atoms with E-state index in [1.807, 2.05) is 6.92 Å². The van der Waals surface area contributed by atoms with Gasteiger partial charge in [0, 0.05) is 12.0 Å². The van der Waals surface area contributed by atoms with Gasteiger partial charge in [-0.05, 0) is 25.7 Å². The summed E-state index contributed by atoms with van der Waals surface area (Å²) in [5, 5.41) is 0. The van der Waals surface area contributed by atoms with Crippen LogP contribution in [-0.2, 0) is 19.0 Å². The molecule has 0 amide bonds. The van der Waals surface area contributed by atoms with Crippen molar-refractivity contribution in [3.63, 3.8) is 0 Å². The molecule has 2 aliphatic rings. The summed E-state index contributed by atoms with van der Waals surface area (Å²) in [5.41, 5.74) is 1.11. The fourth-order valence-electron chi connectivity index (χ4n) is 2.64. The number of ether oxygens (including phenoxy) is 3. The van der Waals surface area contributed by atoms with Gasteiger partial charge in [0.25, 0.3) is 0 Å². The molecular formula is C13H20O4. The monoisotopic (exact) mass is 240 g/mol. The molecule has 0 aromatic carbocycles. The average Bonchev–Trinajstić information content (AvgIpc) is 2.89. The Morgan fingerprint density at radius 1 is 1.47 bits per heavy atom. The summed E-state index contributed by atoms with van der Waals surface area (Å²) in [7, 11) is 0. The van der Waals surface area contributed by atoms with Gasteiger partial charge in [0.1, 0.15) is 0 Å². The summed E-state index contributed by atoms with van der Waals surface area (Å²) in [6, 6.07) is 0. The first-order valence-corrected chi connectivity index (χ1v) is 6.32. The van der Waals surface area contributed by atoms with E-state index in [0.717, 1.165) is 18.4 Å². The number of rotatable bonds is 3. The molecule has 1 heterocycles. The Morgan fingerprint density at radius 2 is 2.18 bits per heavy atom. The predicted octanol–water partition coefficient (Wildman–Crippen LogP) is 1.89. The molecule has 17 heavy (non-hydrogen) atoms. The molecule has 0 aromatic heterocycles. The molecule has 0 N–H and O–H groups in total. The van der Waals surface area contributed by atoms with Crippen LogP contribution in [-0.4, -0.2) is 32.1 Å². The molecule has 0 unspecified atom stereocenters. The largest absolute Gasteiger partial charge is 0.463 e. The van der Waals surface area contributed by atoms with Crippen LogP contribution >= 0.6 is 0 Å².